The molecule has 0 bridgehead atoms. The zero-order chi connectivity index (χ0) is 23.5. The van der Waals surface area contributed by atoms with E-state index in [9.17, 15) is 13.2 Å². The molecule has 3 rings (SSSR count). The third-order valence-corrected chi connectivity index (χ3v) is 8.02. The number of aromatic nitrogens is 3. The third kappa shape index (κ3) is 5.64. The van der Waals surface area contributed by atoms with Crippen LogP contribution in [0, 0.1) is 6.92 Å². The maximum absolute atomic E-state index is 12.9. The first kappa shape index (κ1) is 24.6. The Morgan fingerprint density at radius 3 is 2.34 bits per heavy atom. The summed E-state index contributed by atoms with van der Waals surface area (Å²) in [6, 6.07) is 7.85. The highest BCUT2D eigenvalue weighted by atomic mass is 32.2. The van der Waals surface area contributed by atoms with Gasteiger partial charge in [-0.2, -0.15) is 0 Å². The smallest absolute Gasteiger partial charge is 0.233 e. The maximum atomic E-state index is 12.9. The number of hydrogen-bond donors (Lipinski definition) is 0. The SMILES string of the molecule is CCn1c(CN(c2ccc(C)cc2)S(C)(=O)=O)nnc1SCC(=O)N1C(C)CCCC1C. The van der Waals surface area contributed by atoms with Gasteiger partial charge in [0.25, 0.3) is 0 Å². The van der Waals surface area contributed by atoms with E-state index in [0.717, 1.165) is 24.8 Å². The maximum Gasteiger partial charge on any atom is 0.233 e. The predicted octanol–water partition coefficient (Wildman–Crippen LogP) is 3.45. The molecule has 1 aromatic carbocycles. The van der Waals surface area contributed by atoms with Crippen molar-refractivity contribution in [1.29, 1.82) is 0 Å². The van der Waals surface area contributed by atoms with Crippen LogP contribution < -0.4 is 4.31 Å². The summed E-state index contributed by atoms with van der Waals surface area (Å²) in [5.41, 5.74) is 1.64. The van der Waals surface area contributed by atoms with Crippen molar-refractivity contribution in [2.24, 2.45) is 0 Å². The normalized spacial score (nSPS) is 19.2. The van der Waals surface area contributed by atoms with E-state index in [4.69, 9.17) is 0 Å². The third-order valence-electron chi connectivity index (χ3n) is 5.92. The molecule has 176 valence electrons. The number of nitrogens with zero attached hydrogens (tertiary/aromatic N) is 5. The molecule has 0 aliphatic carbocycles. The quantitative estimate of drug-likeness (QED) is 0.539. The Morgan fingerprint density at radius 2 is 1.78 bits per heavy atom. The fraction of sp³-hybridized carbons (Fsp3) is 0.591. The van der Waals surface area contributed by atoms with Gasteiger partial charge in [0.05, 0.1) is 24.2 Å². The molecular formula is C22H33N5O3S2. The number of carbonyl (C=O) groups is 1. The summed E-state index contributed by atoms with van der Waals surface area (Å²) in [6.07, 6.45) is 4.42. The fourth-order valence-corrected chi connectivity index (χ4v) is 5.96. The van der Waals surface area contributed by atoms with E-state index in [0.29, 0.717) is 29.0 Å². The van der Waals surface area contributed by atoms with Crippen molar-refractivity contribution in [2.75, 3.05) is 16.3 Å². The van der Waals surface area contributed by atoms with Crippen molar-refractivity contribution >= 4 is 33.4 Å². The van der Waals surface area contributed by atoms with Crippen molar-refractivity contribution in [3.8, 4) is 0 Å². The van der Waals surface area contributed by atoms with Crippen LogP contribution in [0.4, 0.5) is 5.69 Å². The second kappa shape index (κ2) is 10.2. The van der Waals surface area contributed by atoms with E-state index >= 15 is 0 Å². The minimum absolute atomic E-state index is 0.0808. The van der Waals surface area contributed by atoms with Gasteiger partial charge in [-0.15, -0.1) is 10.2 Å². The minimum atomic E-state index is -3.51. The van der Waals surface area contributed by atoms with Gasteiger partial charge >= 0.3 is 0 Å². The number of anilines is 1. The lowest BCUT2D eigenvalue weighted by atomic mass is 9.98. The van der Waals surface area contributed by atoms with Crippen LogP contribution in [0.5, 0.6) is 0 Å². The number of amides is 1. The van der Waals surface area contributed by atoms with E-state index in [1.54, 1.807) is 12.1 Å². The summed E-state index contributed by atoms with van der Waals surface area (Å²) in [5, 5.41) is 9.16. The number of benzene rings is 1. The summed E-state index contributed by atoms with van der Waals surface area (Å²) < 4.78 is 28.2. The molecule has 0 N–H and O–H groups in total. The Hall–Kier alpha value is -2.07. The summed E-state index contributed by atoms with van der Waals surface area (Å²) >= 11 is 1.36. The van der Waals surface area contributed by atoms with Crippen molar-refractivity contribution in [2.45, 2.75) is 77.3 Å². The van der Waals surface area contributed by atoms with Gasteiger partial charge in [0, 0.05) is 18.6 Å². The molecule has 2 atom stereocenters. The first-order valence-electron chi connectivity index (χ1n) is 11.0. The van der Waals surface area contributed by atoms with E-state index in [-0.39, 0.29) is 24.5 Å². The minimum Gasteiger partial charge on any atom is -0.337 e. The molecule has 0 spiro atoms. The molecular weight excluding hydrogens is 446 g/mol. The van der Waals surface area contributed by atoms with Gasteiger partial charge in [0.1, 0.15) is 0 Å². The zero-order valence-electron chi connectivity index (χ0n) is 19.5. The van der Waals surface area contributed by atoms with Crippen LogP contribution in [0.25, 0.3) is 0 Å². The predicted molar refractivity (Wildman–Crippen MR) is 128 cm³/mol. The zero-order valence-corrected chi connectivity index (χ0v) is 21.1. The van der Waals surface area contributed by atoms with Gasteiger partial charge in [-0.25, -0.2) is 8.42 Å². The van der Waals surface area contributed by atoms with Crippen LogP contribution in [-0.2, 0) is 27.9 Å². The Kier molecular flexibility index (Phi) is 7.87. The Balaban J connectivity index is 1.76. The molecule has 2 heterocycles. The molecule has 32 heavy (non-hydrogen) atoms. The van der Waals surface area contributed by atoms with Gasteiger partial charge in [-0.3, -0.25) is 9.10 Å². The Bertz CT molecular complexity index is 1030. The molecule has 1 aliphatic rings. The second-order valence-electron chi connectivity index (χ2n) is 8.47. The topological polar surface area (TPSA) is 88.4 Å². The summed E-state index contributed by atoms with van der Waals surface area (Å²) in [7, 11) is -3.51. The highest BCUT2D eigenvalue weighted by Gasteiger charge is 2.29. The van der Waals surface area contributed by atoms with Crippen LogP contribution in [-0.4, -0.2) is 58.1 Å². The Labute approximate surface area is 195 Å². The number of sulfonamides is 1. The average Bonchev–Trinajstić information content (AvgIpc) is 3.12. The number of carbonyl (C=O) groups excluding carboxylic acids is 1. The lowest BCUT2D eigenvalue weighted by molar-refractivity contribution is -0.134. The van der Waals surface area contributed by atoms with Crippen LogP contribution >= 0.6 is 11.8 Å². The fourth-order valence-electron chi connectivity index (χ4n) is 4.21. The van der Waals surface area contributed by atoms with E-state index in [2.05, 4.69) is 24.0 Å². The molecule has 0 saturated carbocycles. The molecule has 1 aliphatic heterocycles. The molecule has 1 fully saturated rings. The monoisotopic (exact) mass is 479 g/mol. The van der Waals surface area contributed by atoms with Gasteiger partial charge in [-0.1, -0.05) is 29.5 Å². The van der Waals surface area contributed by atoms with Gasteiger partial charge < -0.3 is 9.47 Å². The molecule has 8 nitrogen and oxygen atoms in total. The highest BCUT2D eigenvalue weighted by Crippen LogP contribution is 2.26. The standard InChI is InChI=1S/C22H33N5O3S2/c1-6-25-20(14-26(32(5,29)30)19-12-10-16(2)11-13-19)23-24-22(25)31-15-21(28)27-17(3)8-7-9-18(27)4/h10-13,17-18H,6-9,14-15H2,1-5H3. The lowest BCUT2D eigenvalue weighted by Gasteiger charge is -2.39. The van der Waals surface area contributed by atoms with E-state index < -0.39 is 10.0 Å². The van der Waals surface area contributed by atoms with Crippen LogP contribution in [0.1, 0.15) is 51.4 Å². The largest absolute Gasteiger partial charge is 0.337 e. The van der Waals surface area contributed by atoms with Crippen LogP contribution in [0.15, 0.2) is 29.4 Å². The van der Waals surface area contributed by atoms with Crippen molar-refractivity contribution in [3.63, 3.8) is 0 Å². The molecule has 10 heteroatoms. The number of hydrogen-bond acceptors (Lipinski definition) is 6. The van der Waals surface area contributed by atoms with E-state index in [1.165, 1.54) is 22.3 Å². The summed E-state index contributed by atoms with van der Waals surface area (Å²) in [6.45, 7) is 8.80. The second-order valence-corrected chi connectivity index (χ2v) is 11.3. The number of aryl methyl sites for hydroxylation is 1. The van der Waals surface area contributed by atoms with Crippen LogP contribution in [0.2, 0.25) is 0 Å². The van der Waals surface area contributed by atoms with Crippen molar-refractivity contribution in [3.05, 3.63) is 35.7 Å². The first-order valence-corrected chi connectivity index (χ1v) is 13.9. The number of piperidine rings is 1. The molecule has 1 amide bonds. The molecule has 2 unspecified atom stereocenters. The van der Waals surface area contributed by atoms with Gasteiger partial charge in [-0.05, 0) is 59.1 Å². The van der Waals surface area contributed by atoms with Gasteiger partial charge in [0.2, 0.25) is 15.9 Å². The summed E-state index contributed by atoms with van der Waals surface area (Å²) in [4.78, 5) is 14.9. The average molecular weight is 480 g/mol. The van der Waals surface area contributed by atoms with Crippen LogP contribution in [0.3, 0.4) is 0 Å². The molecule has 1 aromatic heterocycles. The Morgan fingerprint density at radius 1 is 1.16 bits per heavy atom. The number of thioether (sulfide) groups is 1. The highest BCUT2D eigenvalue weighted by molar-refractivity contribution is 7.99. The van der Waals surface area contributed by atoms with Gasteiger partial charge in [0.15, 0.2) is 11.0 Å². The number of likely N-dealkylation sites (tertiary alicyclic amines) is 1. The lowest BCUT2D eigenvalue weighted by Crippen LogP contribution is -2.48. The first-order chi connectivity index (χ1) is 15.1. The van der Waals surface area contributed by atoms with Crippen molar-refractivity contribution < 1.29 is 13.2 Å². The summed E-state index contributed by atoms with van der Waals surface area (Å²) in [5.74, 6) is 0.952. The molecule has 2 aromatic rings. The van der Waals surface area contributed by atoms with Crippen molar-refractivity contribution in [1.82, 2.24) is 19.7 Å². The van der Waals surface area contributed by atoms with E-state index in [1.807, 2.05) is 35.4 Å². The molecule has 0 radical (unpaired) electrons. The number of rotatable bonds is 8. The molecule has 1 saturated heterocycles.